The second-order valence-electron chi connectivity index (χ2n) is 10.6. The Hall–Kier alpha value is -4.95. The second-order valence-corrected chi connectivity index (χ2v) is 10.6. The highest BCUT2D eigenvalue weighted by Gasteiger charge is 2.68. The van der Waals surface area contributed by atoms with E-state index < -0.39 is 41.0 Å². The van der Waals surface area contributed by atoms with Gasteiger partial charge in [-0.2, -0.15) is 5.10 Å². The van der Waals surface area contributed by atoms with Crippen LogP contribution in [0, 0.1) is 17.7 Å². The Morgan fingerprint density at radius 3 is 2.07 bits per heavy atom. The molecule has 0 aromatic heterocycles. The van der Waals surface area contributed by atoms with Crippen molar-refractivity contribution in [3.05, 3.63) is 137 Å². The molecule has 4 aromatic rings. The predicted molar refractivity (Wildman–Crippen MR) is 149 cm³/mol. The zero-order valence-electron chi connectivity index (χ0n) is 21.6. The third-order valence-electron chi connectivity index (χ3n) is 8.58. The van der Waals surface area contributed by atoms with E-state index >= 15 is 0 Å². The zero-order valence-corrected chi connectivity index (χ0v) is 21.6. The predicted octanol–water partition coefficient (Wildman–Crippen LogP) is 4.21. The molecule has 8 heteroatoms. The van der Waals surface area contributed by atoms with Crippen LogP contribution in [0.2, 0.25) is 0 Å². The van der Waals surface area contributed by atoms with E-state index in [1.165, 1.54) is 30.5 Å². The summed E-state index contributed by atoms with van der Waals surface area (Å²) >= 11 is 0. The fraction of sp³-hybridized carbons (Fsp3) is 0.152. The third kappa shape index (κ3) is 3.54. The number of nitrogens with zero attached hydrogens (tertiary/aromatic N) is 2. The van der Waals surface area contributed by atoms with E-state index in [1.807, 2.05) is 48.5 Å². The first-order valence-corrected chi connectivity index (χ1v) is 13.3. The molecule has 3 amide bonds. The lowest BCUT2D eigenvalue weighted by molar-refractivity contribution is -0.129. The number of anilines is 1. The number of hydrazone groups is 1. The molecular weight excluding hydrogens is 521 g/mol. The zero-order chi connectivity index (χ0) is 28.3. The fourth-order valence-corrected chi connectivity index (χ4v) is 6.94. The van der Waals surface area contributed by atoms with E-state index in [0.29, 0.717) is 11.3 Å². The topological polar surface area (TPSA) is 99.1 Å². The lowest BCUT2D eigenvalue weighted by atomic mass is 9.47. The van der Waals surface area contributed by atoms with Gasteiger partial charge in [0.05, 0.1) is 22.9 Å². The Morgan fingerprint density at radius 1 is 0.854 bits per heavy atom. The lowest BCUT2D eigenvalue weighted by Crippen LogP contribution is -2.54. The van der Waals surface area contributed by atoms with Gasteiger partial charge < -0.3 is 5.11 Å². The number of halogens is 1. The summed E-state index contributed by atoms with van der Waals surface area (Å²) in [6, 6.07) is 29.1. The maximum atomic E-state index is 14.3. The van der Waals surface area contributed by atoms with Crippen molar-refractivity contribution in [2.75, 3.05) is 4.90 Å². The van der Waals surface area contributed by atoms with Crippen molar-refractivity contribution in [2.24, 2.45) is 16.9 Å². The molecule has 2 bridgehead atoms. The molecule has 4 aromatic carbocycles. The third-order valence-corrected chi connectivity index (χ3v) is 8.58. The van der Waals surface area contributed by atoms with Gasteiger partial charge in [0.1, 0.15) is 5.82 Å². The van der Waals surface area contributed by atoms with Gasteiger partial charge in [0, 0.05) is 12.1 Å². The van der Waals surface area contributed by atoms with Crippen LogP contribution in [-0.4, -0.2) is 29.0 Å². The highest BCUT2D eigenvalue weighted by atomic mass is 19.1. The monoisotopic (exact) mass is 545 g/mol. The van der Waals surface area contributed by atoms with E-state index in [0.717, 1.165) is 27.2 Å². The first-order valence-electron chi connectivity index (χ1n) is 13.3. The van der Waals surface area contributed by atoms with Crippen molar-refractivity contribution in [1.29, 1.82) is 0 Å². The Kier molecular flexibility index (Phi) is 5.69. The molecule has 1 saturated heterocycles. The van der Waals surface area contributed by atoms with Crippen LogP contribution in [-0.2, 0) is 19.8 Å². The Labute approximate surface area is 234 Å². The maximum absolute atomic E-state index is 14.3. The standard InChI is InChI=1S/C33H24FN3O4/c34-20-14-16-21(17-15-20)37-31(40)27-26-22-10-4-6-12-24(22)33(28(27)32(37)41,25-13-7-5-11-23(25)26)18-35-36-30(39)29(38)19-8-2-1-3-9-19/h1-18,26-29,38H,(H,36,39)/b35-18-/t26?,27-,28+,29-,33?/m0/s1. The number of nitrogens with one attached hydrogen (secondary N) is 1. The molecule has 0 unspecified atom stereocenters. The summed E-state index contributed by atoms with van der Waals surface area (Å²) in [6.07, 6.45) is 0.0936. The molecule has 8 rings (SSSR count). The number of aliphatic hydroxyl groups is 1. The SMILES string of the molecule is O=C(N/N=C\C12c3ccccc3C(c3ccccc31)[C@@H]1C(=O)N(c3ccc(F)cc3)C(=O)[C@@H]12)[C@@H](O)c1ccccc1. The van der Waals surface area contributed by atoms with Gasteiger partial charge >= 0.3 is 0 Å². The van der Waals surface area contributed by atoms with E-state index in [9.17, 15) is 23.9 Å². The normalized spacial score (nSPS) is 24.6. The molecule has 1 heterocycles. The summed E-state index contributed by atoms with van der Waals surface area (Å²) < 4.78 is 13.7. The Morgan fingerprint density at radius 2 is 1.44 bits per heavy atom. The summed E-state index contributed by atoms with van der Waals surface area (Å²) in [6.45, 7) is 0. The van der Waals surface area contributed by atoms with Crippen LogP contribution in [0.25, 0.3) is 0 Å². The average Bonchev–Trinajstić information content (AvgIpc) is 3.28. The van der Waals surface area contributed by atoms with Gasteiger partial charge in [-0.15, -0.1) is 0 Å². The van der Waals surface area contributed by atoms with Crippen LogP contribution >= 0.6 is 0 Å². The summed E-state index contributed by atoms with van der Waals surface area (Å²) in [5.74, 6) is -3.91. The molecule has 2 N–H and O–H groups in total. The molecule has 0 radical (unpaired) electrons. The van der Waals surface area contributed by atoms with Gasteiger partial charge in [0.2, 0.25) is 11.8 Å². The number of carbonyl (C=O) groups is 3. The van der Waals surface area contributed by atoms with Crippen molar-refractivity contribution in [2.45, 2.75) is 17.4 Å². The maximum Gasteiger partial charge on any atom is 0.273 e. The van der Waals surface area contributed by atoms with Gasteiger partial charge in [-0.25, -0.2) is 14.7 Å². The number of aliphatic hydroxyl groups excluding tert-OH is 1. The molecule has 3 atom stereocenters. The number of rotatable bonds is 5. The van der Waals surface area contributed by atoms with E-state index in [-0.39, 0.29) is 11.8 Å². The van der Waals surface area contributed by atoms with E-state index in [1.54, 1.807) is 30.3 Å². The molecule has 7 nitrogen and oxygen atoms in total. The summed E-state index contributed by atoms with van der Waals surface area (Å²) in [4.78, 5) is 42.3. The minimum absolute atomic E-state index is 0.301. The van der Waals surface area contributed by atoms with Crippen LogP contribution < -0.4 is 10.3 Å². The van der Waals surface area contributed by atoms with Crippen LogP contribution in [0.5, 0.6) is 0 Å². The summed E-state index contributed by atoms with van der Waals surface area (Å²) in [5.41, 5.74) is 5.47. The van der Waals surface area contributed by atoms with Gasteiger partial charge in [0.25, 0.3) is 5.91 Å². The molecule has 0 spiro atoms. The van der Waals surface area contributed by atoms with Gasteiger partial charge in [-0.1, -0.05) is 78.9 Å². The van der Waals surface area contributed by atoms with E-state index in [4.69, 9.17) is 0 Å². The average molecular weight is 546 g/mol. The molecule has 202 valence electrons. The van der Waals surface area contributed by atoms with Crippen molar-refractivity contribution < 1.29 is 23.9 Å². The van der Waals surface area contributed by atoms with Crippen LogP contribution in [0.3, 0.4) is 0 Å². The van der Waals surface area contributed by atoms with Crippen molar-refractivity contribution in [3.63, 3.8) is 0 Å². The highest BCUT2D eigenvalue weighted by Crippen LogP contribution is 2.63. The Balaban J connectivity index is 1.37. The molecule has 1 fully saturated rings. The largest absolute Gasteiger partial charge is 0.378 e. The number of hydrogen-bond acceptors (Lipinski definition) is 5. The molecule has 0 saturated carbocycles. The number of benzene rings is 4. The number of amides is 3. The van der Waals surface area contributed by atoms with Gasteiger partial charge in [0.15, 0.2) is 6.10 Å². The molecule has 41 heavy (non-hydrogen) atoms. The van der Waals surface area contributed by atoms with Gasteiger partial charge in [-0.05, 0) is 52.1 Å². The first kappa shape index (κ1) is 25.0. The smallest absolute Gasteiger partial charge is 0.273 e. The minimum atomic E-state index is -1.44. The quantitative estimate of drug-likeness (QED) is 0.223. The van der Waals surface area contributed by atoms with Gasteiger partial charge in [-0.3, -0.25) is 14.4 Å². The van der Waals surface area contributed by atoms with Crippen LogP contribution in [0.4, 0.5) is 10.1 Å². The number of hydrogen-bond donors (Lipinski definition) is 2. The van der Waals surface area contributed by atoms with Crippen molar-refractivity contribution in [3.8, 4) is 0 Å². The van der Waals surface area contributed by atoms with Crippen molar-refractivity contribution >= 4 is 29.6 Å². The molecule has 4 aliphatic rings. The number of imide groups is 1. The molecular formula is C33H24FN3O4. The van der Waals surface area contributed by atoms with Crippen molar-refractivity contribution in [1.82, 2.24) is 5.43 Å². The molecule has 1 aliphatic heterocycles. The van der Waals surface area contributed by atoms with Crippen LogP contribution in [0.15, 0.2) is 108 Å². The van der Waals surface area contributed by atoms with Crippen LogP contribution in [0.1, 0.15) is 39.8 Å². The summed E-state index contributed by atoms with van der Waals surface area (Å²) in [5, 5.41) is 14.9. The summed E-state index contributed by atoms with van der Waals surface area (Å²) in [7, 11) is 0. The fourth-order valence-electron chi connectivity index (χ4n) is 6.94. The Bertz CT molecular complexity index is 1690. The highest BCUT2D eigenvalue weighted by molar-refractivity contribution is 6.25. The second kappa shape index (κ2) is 9.31. The minimum Gasteiger partial charge on any atom is -0.378 e. The van der Waals surface area contributed by atoms with E-state index in [2.05, 4.69) is 10.5 Å². The molecule has 3 aliphatic carbocycles. The first-order chi connectivity index (χ1) is 19.9. The number of carbonyl (C=O) groups excluding carboxylic acids is 3. The lowest BCUT2D eigenvalue weighted by Gasteiger charge is -2.52.